The van der Waals surface area contributed by atoms with Gasteiger partial charge in [0.25, 0.3) is 0 Å². The molecule has 3 aromatic carbocycles. The van der Waals surface area contributed by atoms with Crippen LogP contribution in [-0.4, -0.2) is 18.4 Å². The molecule has 0 saturated heterocycles. The molecule has 0 radical (unpaired) electrons. The van der Waals surface area contributed by atoms with Crippen molar-refractivity contribution >= 4 is 22.6 Å². The quantitative estimate of drug-likeness (QED) is 0.703. The van der Waals surface area contributed by atoms with Crippen LogP contribution in [0.3, 0.4) is 0 Å². The third kappa shape index (κ3) is 4.91. The first-order valence-corrected chi connectivity index (χ1v) is 8.81. The van der Waals surface area contributed by atoms with Crippen molar-refractivity contribution in [2.24, 2.45) is 0 Å². The van der Waals surface area contributed by atoms with Crippen LogP contribution in [0.4, 0.5) is 4.39 Å². The number of halogens is 1. The van der Waals surface area contributed by atoms with Gasteiger partial charge in [0.05, 0.1) is 19.0 Å². The number of hydrogen-bond donors (Lipinski definition) is 2. The van der Waals surface area contributed by atoms with Gasteiger partial charge in [0.15, 0.2) is 0 Å². The van der Waals surface area contributed by atoms with E-state index in [4.69, 9.17) is 0 Å². The standard InChI is InChI=1S/C22H21FN2O2/c1-15(19-11-5-8-17-7-2-3-10-20(17)19)25-22(27)14-24-21(26)13-16-6-4-9-18(23)12-16/h2-12,15H,13-14H2,1H3,(H,24,26)(H,25,27). The van der Waals surface area contributed by atoms with Gasteiger partial charge in [-0.25, -0.2) is 4.39 Å². The second-order valence-electron chi connectivity index (χ2n) is 6.44. The molecular weight excluding hydrogens is 343 g/mol. The van der Waals surface area contributed by atoms with Crippen molar-refractivity contribution in [3.63, 3.8) is 0 Å². The molecule has 2 N–H and O–H groups in total. The smallest absolute Gasteiger partial charge is 0.239 e. The molecule has 5 heteroatoms. The summed E-state index contributed by atoms with van der Waals surface area (Å²) in [6.45, 7) is 1.79. The Bertz CT molecular complexity index is 966. The minimum Gasteiger partial charge on any atom is -0.348 e. The lowest BCUT2D eigenvalue weighted by molar-refractivity contribution is -0.126. The molecule has 0 aliphatic heterocycles. The van der Waals surface area contributed by atoms with Crippen LogP contribution in [-0.2, 0) is 16.0 Å². The summed E-state index contributed by atoms with van der Waals surface area (Å²) >= 11 is 0. The first kappa shape index (κ1) is 18.6. The van der Waals surface area contributed by atoms with E-state index in [2.05, 4.69) is 10.6 Å². The van der Waals surface area contributed by atoms with Crippen LogP contribution in [0.15, 0.2) is 66.7 Å². The molecule has 1 unspecified atom stereocenters. The van der Waals surface area contributed by atoms with Crippen molar-refractivity contribution in [1.29, 1.82) is 0 Å². The molecule has 1 atom stereocenters. The fourth-order valence-corrected chi connectivity index (χ4v) is 3.07. The maximum absolute atomic E-state index is 13.2. The van der Waals surface area contributed by atoms with Crippen LogP contribution < -0.4 is 10.6 Å². The van der Waals surface area contributed by atoms with Crippen molar-refractivity contribution in [2.45, 2.75) is 19.4 Å². The highest BCUT2D eigenvalue weighted by Gasteiger charge is 2.13. The monoisotopic (exact) mass is 364 g/mol. The Kier molecular flexibility index (Phi) is 5.81. The molecule has 0 spiro atoms. The summed E-state index contributed by atoms with van der Waals surface area (Å²) in [5, 5.41) is 7.67. The summed E-state index contributed by atoms with van der Waals surface area (Å²) in [5.74, 6) is -0.987. The number of fused-ring (bicyclic) bond motifs is 1. The van der Waals surface area contributed by atoms with E-state index in [-0.39, 0.29) is 36.6 Å². The van der Waals surface area contributed by atoms with E-state index in [0.717, 1.165) is 16.3 Å². The van der Waals surface area contributed by atoms with E-state index in [1.165, 1.54) is 12.1 Å². The van der Waals surface area contributed by atoms with E-state index in [1.54, 1.807) is 12.1 Å². The zero-order chi connectivity index (χ0) is 19.2. The van der Waals surface area contributed by atoms with Gasteiger partial charge in [0.2, 0.25) is 11.8 Å². The van der Waals surface area contributed by atoms with Crippen LogP contribution in [0.25, 0.3) is 10.8 Å². The first-order valence-electron chi connectivity index (χ1n) is 8.81. The maximum Gasteiger partial charge on any atom is 0.239 e. The van der Waals surface area contributed by atoms with Crippen LogP contribution in [0.2, 0.25) is 0 Å². The highest BCUT2D eigenvalue weighted by Crippen LogP contribution is 2.23. The third-order valence-corrected chi connectivity index (χ3v) is 4.37. The Balaban J connectivity index is 1.55. The van der Waals surface area contributed by atoms with Gasteiger partial charge in [0.1, 0.15) is 5.82 Å². The summed E-state index contributed by atoms with van der Waals surface area (Å²) in [5.41, 5.74) is 1.59. The number of carbonyl (C=O) groups is 2. The Morgan fingerprint density at radius 2 is 1.70 bits per heavy atom. The molecule has 0 aliphatic rings. The lowest BCUT2D eigenvalue weighted by Crippen LogP contribution is -2.38. The molecule has 0 heterocycles. The highest BCUT2D eigenvalue weighted by atomic mass is 19.1. The number of rotatable bonds is 6. The molecule has 0 aliphatic carbocycles. The Morgan fingerprint density at radius 1 is 0.963 bits per heavy atom. The van der Waals surface area contributed by atoms with Gasteiger partial charge in [0, 0.05) is 0 Å². The van der Waals surface area contributed by atoms with Crippen LogP contribution in [0, 0.1) is 5.82 Å². The fraction of sp³-hybridized carbons (Fsp3) is 0.182. The van der Waals surface area contributed by atoms with Gasteiger partial charge in [-0.3, -0.25) is 9.59 Å². The van der Waals surface area contributed by atoms with Crippen LogP contribution in [0.5, 0.6) is 0 Å². The molecule has 0 saturated carbocycles. The lowest BCUT2D eigenvalue weighted by atomic mass is 10.00. The molecule has 0 bridgehead atoms. The lowest BCUT2D eigenvalue weighted by Gasteiger charge is -2.17. The van der Waals surface area contributed by atoms with Crippen LogP contribution >= 0.6 is 0 Å². The average molecular weight is 364 g/mol. The normalized spacial score (nSPS) is 11.8. The summed E-state index contributed by atoms with van der Waals surface area (Å²) in [6.07, 6.45) is 0.0317. The zero-order valence-electron chi connectivity index (χ0n) is 15.0. The number of carbonyl (C=O) groups excluding carboxylic acids is 2. The first-order chi connectivity index (χ1) is 13.0. The van der Waals surface area contributed by atoms with E-state index in [1.807, 2.05) is 49.4 Å². The van der Waals surface area contributed by atoms with Crippen molar-refractivity contribution in [3.05, 3.63) is 83.7 Å². The van der Waals surface area contributed by atoms with Gasteiger partial charge in [-0.1, -0.05) is 54.6 Å². The Hall–Kier alpha value is -3.21. The summed E-state index contributed by atoms with van der Waals surface area (Å²) in [6, 6.07) is 19.6. The third-order valence-electron chi connectivity index (χ3n) is 4.37. The zero-order valence-corrected chi connectivity index (χ0v) is 15.0. The van der Waals surface area contributed by atoms with E-state index < -0.39 is 0 Å². The number of hydrogen-bond acceptors (Lipinski definition) is 2. The van der Waals surface area contributed by atoms with Crippen molar-refractivity contribution in [1.82, 2.24) is 10.6 Å². The predicted molar refractivity (Wildman–Crippen MR) is 104 cm³/mol. The Labute approximate surface area is 157 Å². The van der Waals surface area contributed by atoms with Gasteiger partial charge in [-0.15, -0.1) is 0 Å². The van der Waals surface area contributed by atoms with E-state index in [9.17, 15) is 14.0 Å². The number of amides is 2. The van der Waals surface area contributed by atoms with Crippen molar-refractivity contribution in [2.75, 3.05) is 6.54 Å². The summed E-state index contributed by atoms with van der Waals surface area (Å²) in [7, 11) is 0. The van der Waals surface area contributed by atoms with Gasteiger partial charge < -0.3 is 10.6 Å². The second kappa shape index (κ2) is 8.45. The molecular formula is C22H21FN2O2. The molecule has 4 nitrogen and oxygen atoms in total. The minimum absolute atomic E-state index is 0.0317. The number of nitrogens with one attached hydrogen (secondary N) is 2. The summed E-state index contributed by atoms with van der Waals surface area (Å²) in [4.78, 5) is 24.1. The molecule has 27 heavy (non-hydrogen) atoms. The van der Waals surface area contributed by atoms with E-state index >= 15 is 0 Å². The molecule has 0 aromatic heterocycles. The SMILES string of the molecule is CC(NC(=O)CNC(=O)Cc1cccc(F)c1)c1cccc2ccccc12. The fourth-order valence-electron chi connectivity index (χ4n) is 3.07. The average Bonchev–Trinajstić information content (AvgIpc) is 2.66. The molecule has 138 valence electrons. The highest BCUT2D eigenvalue weighted by molar-refractivity contribution is 5.88. The molecule has 0 fully saturated rings. The summed E-state index contributed by atoms with van der Waals surface area (Å²) < 4.78 is 13.2. The molecule has 3 aromatic rings. The molecule has 3 rings (SSSR count). The largest absolute Gasteiger partial charge is 0.348 e. The van der Waals surface area contributed by atoms with Gasteiger partial charge in [-0.2, -0.15) is 0 Å². The van der Waals surface area contributed by atoms with Gasteiger partial charge in [-0.05, 0) is 41.0 Å². The minimum atomic E-state index is -0.387. The maximum atomic E-state index is 13.2. The van der Waals surface area contributed by atoms with E-state index in [0.29, 0.717) is 5.56 Å². The number of benzene rings is 3. The molecule has 2 amide bonds. The van der Waals surface area contributed by atoms with Crippen molar-refractivity contribution in [3.8, 4) is 0 Å². The van der Waals surface area contributed by atoms with Crippen molar-refractivity contribution < 1.29 is 14.0 Å². The Morgan fingerprint density at radius 3 is 2.52 bits per heavy atom. The topological polar surface area (TPSA) is 58.2 Å². The van der Waals surface area contributed by atoms with Gasteiger partial charge >= 0.3 is 0 Å². The predicted octanol–water partition coefficient (Wildman–Crippen LogP) is 3.52. The van der Waals surface area contributed by atoms with Crippen LogP contribution in [0.1, 0.15) is 24.1 Å². The second-order valence-corrected chi connectivity index (χ2v) is 6.44.